The molecule has 3 rings (SSSR count). The van der Waals surface area contributed by atoms with Crippen LogP contribution >= 0.6 is 0 Å². The Bertz CT molecular complexity index is 749. The molecule has 6 nitrogen and oxygen atoms in total. The topological polar surface area (TPSA) is 62.7 Å². The van der Waals surface area contributed by atoms with E-state index in [1.54, 1.807) is 23.0 Å². The molecule has 6 heteroatoms. The number of pyridine rings is 1. The van der Waals surface area contributed by atoms with Gasteiger partial charge in [-0.25, -0.2) is 0 Å². The first-order valence-corrected chi connectivity index (χ1v) is 8.31. The molecular formula is C19H21N3O3. The molecule has 1 aliphatic rings. The predicted molar refractivity (Wildman–Crippen MR) is 94.5 cm³/mol. The smallest absolute Gasteiger partial charge is 0.265 e. The standard InChI is InChI=1S/C19H21N3O3/c1-21(12-9-15-6-4-5-11-20-15)18(23)10-13-22-16-7-2-3-8-17(16)25-14-19(22)24/h2-8,11H,9-10,12-14H2,1H3. The first-order valence-electron chi connectivity index (χ1n) is 8.31. The molecule has 0 atom stereocenters. The van der Waals surface area contributed by atoms with Gasteiger partial charge in [0.25, 0.3) is 5.91 Å². The summed E-state index contributed by atoms with van der Waals surface area (Å²) in [6.45, 7) is 0.968. The van der Waals surface area contributed by atoms with Gasteiger partial charge >= 0.3 is 0 Å². The number of carbonyl (C=O) groups is 2. The number of carbonyl (C=O) groups excluding carboxylic acids is 2. The zero-order valence-electron chi connectivity index (χ0n) is 14.2. The molecular weight excluding hydrogens is 318 g/mol. The minimum absolute atomic E-state index is 0.00713. The maximum absolute atomic E-state index is 12.4. The maximum atomic E-state index is 12.4. The van der Waals surface area contributed by atoms with Crippen molar-refractivity contribution in [3.05, 3.63) is 54.4 Å². The van der Waals surface area contributed by atoms with E-state index in [0.717, 1.165) is 11.4 Å². The van der Waals surface area contributed by atoms with Crippen molar-refractivity contribution in [1.82, 2.24) is 9.88 Å². The van der Waals surface area contributed by atoms with Gasteiger partial charge in [-0.2, -0.15) is 0 Å². The minimum atomic E-state index is -0.123. The first kappa shape index (κ1) is 17.0. The van der Waals surface area contributed by atoms with Crippen molar-refractivity contribution in [2.75, 3.05) is 31.6 Å². The quantitative estimate of drug-likeness (QED) is 0.806. The summed E-state index contributed by atoms with van der Waals surface area (Å²) in [6, 6.07) is 13.1. The lowest BCUT2D eigenvalue weighted by molar-refractivity contribution is -0.129. The van der Waals surface area contributed by atoms with E-state index in [-0.39, 0.29) is 24.8 Å². The second-order valence-electron chi connectivity index (χ2n) is 5.94. The van der Waals surface area contributed by atoms with Gasteiger partial charge < -0.3 is 14.5 Å². The number of fused-ring (bicyclic) bond motifs is 1. The normalized spacial score (nSPS) is 13.2. The van der Waals surface area contributed by atoms with Crippen LogP contribution in [-0.4, -0.2) is 48.4 Å². The third-order valence-electron chi connectivity index (χ3n) is 4.21. The van der Waals surface area contributed by atoms with Crippen LogP contribution in [0.5, 0.6) is 5.75 Å². The molecule has 130 valence electrons. The van der Waals surface area contributed by atoms with Gasteiger partial charge in [0.1, 0.15) is 5.75 Å². The zero-order valence-corrected chi connectivity index (χ0v) is 14.2. The molecule has 2 heterocycles. The van der Waals surface area contributed by atoms with Crippen LogP contribution < -0.4 is 9.64 Å². The molecule has 0 spiro atoms. The van der Waals surface area contributed by atoms with Gasteiger partial charge in [0, 0.05) is 44.9 Å². The van der Waals surface area contributed by atoms with Crippen LogP contribution in [0.15, 0.2) is 48.7 Å². The molecule has 0 unspecified atom stereocenters. The van der Waals surface area contributed by atoms with E-state index < -0.39 is 0 Å². The van der Waals surface area contributed by atoms with Gasteiger partial charge in [0.2, 0.25) is 5.91 Å². The molecule has 0 bridgehead atoms. The third kappa shape index (κ3) is 4.15. The van der Waals surface area contributed by atoms with E-state index in [1.165, 1.54) is 0 Å². The number of ether oxygens (including phenoxy) is 1. The van der Waals surface area contributed by atoms with Crippen molar-refractivity contribution in [1.29, 1.82) is 0 Å². The Balaban J connectivity index is 1.54. The average molecular weight is 339 g/mol. The van der Waals surface area contributed by atoms with Crippen molar-refractivity contribution < 1.29 is 14.3 Å². The highest BCUT2D eigenvalue weighted by molar-refractivity contribution is 5.98. The predicted octanol–water partition coefficient (Wildman–Crippen LogP) is 1.90. The van der Waals surface area contributed by atoms with E-state index in [9.17, 15) is 9.59 Å². The molecule has 1 aliphatic heterocycles. The van der Waals surface area contributed by atoms with Crippen molar-refractivity contribution >= 4 is 17.5 Å². The van der Waals surface area contributed by atoms with Gasteiger partial charge in [-0.1, -0.05) is 18.2 Å². The van der Waals surface area contributed by atoms with Gasteiger partial charge in [-0.05, 0) is 24.3 Å². The van der Waals surface area contributed by atoms with Gasteiger partial charge in [-0.3, -0.25) is 14.6 Å². The zero-order chi connectivity index (χ0) is 17.6. The van der Waals surface area contributed by atoms with Gasteiger partial charge in [0.15, 0.2) is 6.61 Å². The molecule has 0 fully saturated rings. The Morgan fingerprint density at radius 1 is 1.24 bits per heavy atom. The van der Waals surface area contributed by atoms with Crippen LogP contribution in [0.3, 0.4) is 0 Å². The number of aromatic nitrogens is 1. The number of hydrogen-bond donors (Lipinski definition) is 0. The highest BCUT2D eigenvalue weighted by Crippen LogP contribution is 2.31. The van der Waals surface area contributed by atoms with Crippen molar-refractivity contribution in [3.63, 3.8) is 0 Å². The molecule has 0 aliphatic carbocycles. The molecule has 0 saturated heterocycles. The molecule has 2 aromatic rings. The van der Waals surface area contributed by atoms with Crippen LogP contribution in [0.4, 0.5) is 5.69 Å². The lowest BCUT2D eigenvalue weighted by Gasteiger charge is -2.29. The summed E-state index contributed by atoms with van der Waals surface area (Å²) in [5.41, 5.74) is 1.68. The van der Waals surface area contributed by atoms with Crippen LogP contribution in [0.1, 0.15) is 12.1 Å². The number of para-hydroxylation sites is 2. The largest absolute Gasteiger partial charge is 0.482 e. The van der Waals surface area contributed by atoms with E-state index in [1.807, 2.05) is 42.5 Å². The Labute approximate surface area is 147 Å². The van der Waals surface area contributed by atoms with Crippen LogP contribution in [0.25, 0.3) is 0 Å². The van der Waals surface area contributed by atoms with Crippen molar-refractivity contribution in [3.8, 4) is 5.75 Å². The second-order valence-corrected chi connectivity index (χ2v) is 5.94. The second kappa shape index (κ2) is 7.79. The van der Waals surface area contributed by atoms with Crippen LogP contribution in [-0.2, 0) is 16.0 Å². The molecule has 1 aromatic carbocycles. The summed E-state index contributed by atoms with van der Waals surface area (Å²) < 4.78 is 5.41. The van der Waals surface area contributed by atoms with Crippen LogP contribution in [0, 0.1) is 0 Å². The Hall–Kier alpha value is -2.89. The molecule has 1 aromatic heterocycles. The monoisotopic (exact) mass is 339 g/mol. The van der Waals surface area contributed by atoms with Crippen molar-refractivity contribution in [2.45, 2.75) is 12.8 Å². The Kier molecular flexibility index (Phi) is 5.28. The maximum Gasteiger partial charge on any atom is 0.265 e. The summed E-state index contributed by atoms with van der Waals surface area (Å²) in [4.78, 5) is 32.1. The van der Waals surface area contributed by atoms with E-state index >= 15 is 0 Å². The number of hydrogen-bond acceptors (Lipinski definition) is 4. The third-order valence-corrected chi connectivity index (χ3v) is 4.21. The molecule has 2 amide bonds. The lowest BCUT2D eigenvalue weighted by atomic mass is 10.2. The lowest BCUT2D eigenvalue weighted by Crippen LogP contribution is -2.41. The molecule has 25 heavy (non-hydrogen) atoms. The fourth-order valence-electron chi connectivity index (χ4n) is 2.75. The van der Waals surface area contributed by atoms with Gasteiger partial charge in [0.05, 0.1) is 5.69 Å². The van der Waals surface area contributed by atoms with Gasteiger partial charge in [-0.15, -0.1) is 0 Å². The number of benzene rings is 1. The molecule has 0 N–H and O–H groups in total. The number of likely N-dealkylation sites (N-methyl/N-ethyl adjacent to an activating group) is 1. The fourth-order valence-corrected chi connectivity index (χ4v) is 2.75. The Morgan fingerprint density at radius 3 is 2.84 bits per heavy atom. The summed E-state index contributed by atoms with van der Waals surface area (Å²) in [7, 11) is 1.78. The summed E-state index contributed by atoms with van der Waals surface area (Å²) in [5, 5.41) is 0. The SMILES string of the molecule is CN(CCc1ccccn1)C(=O)CCN1C(=O)COc2ccccc21. The number of rotatable bonds is 6. The number of nitrogens with zero attached hydrogens (tertiary/aromatic N) is 3. The molecule has 0 saturated carbocycles. The van der Waals surface area contributed by atoms with E-state index in [0.29, 0.717) is 25.3 Å². The highest BCUT2D eigenvalue weighted by Gasteiger charge is 2.25. The summed E-state index contributed by atoms with van der Waals surface area (Å²) in [6.07, 6.45) is 2.74. The van der Waals surface area contributed by atoms with E-state index in [2.05, 4.69) is 4.98 Å². The first-order chi connectivity index (χ1) is 12.1. The fraction of sp³-hybridized carbons (Fsp3) is 0.316. The van der Waals surface area contributed by atoms with Crippen LogP contribution in [0.2, 0.25) is 0 Å². The summed E-state index contributed by atoms with van der Waals surface area (Å²) in [5.74, 6) is 0.563. The highest BCUT2D eigenvalue weighted by atomic mass is 16.5. The minimum Gasteiger partial charge on any atom is -0.482 e. The number of anilines is 1. The Morgan fingerprint density at radius 2 is 2.04 bits per heavy atom. The molecule has 0 radical (unpaired) electrons. The number of amides is 2. The van der Waals surface area contributed by atoms with E-state index in [4.69, 9.17) is 4.74 Å². The van der Waals surface area contributed by atoms with Crippen molar-refractivity contribution in [2.24, 2.45) is 0 Å². The average Bonchev–Trinajstić information content (AvgIpc) is 2.66. The summed E-state index contributed by atoms with van der Waals surface area (Å²) >= 11 is 0.